The molecule has 2 aliphatic heterocycles. The van der Waals surface area contributed by atoms with E-state index in [9.17, 15) is 0 Å². The normalized spacial score (nSPS) is 24.9. The summed E-state index contributed by atoms with van der Waals surface area (Å²) in [6.45, 7) is 5.65. The van der Waals surface area contributed by atoms with Crippen LogP contribution >= 0.6 is 15.9 Å². The molecule has 4 rings (SSSR count). The summed E-state index contributed by atoms with van der Waals surface area (Å²) in [4.78, 5) is 0. The van der Waals surface area contributed by atoms with Gasteiger partial charge < -0.3 is 14.8 Å². The lowest BCUT2D eigenvalue weighted by atomic mass is 9.80. The third-order valence-corrected chi connectivity index (χ3v) is 5.73. The van der Waals surface area contributed by atoms with Crippen LogP contribution in [0.1, 0.15) is 42.2 Å². The van der Waals surface area contributed by atoms with Crippen molar-refractivity contribution in [3.8, 4) is 5.75 Å². The Morgan fingerprint density at radius 2 is 2.08 bits per heavy atom. The Bertz CT molecular complexity index is 761. The molecule has 0 aliphatic carbocycles. The van der Waals surface area contributed by atoms with Crippen LogP contribution in [0.3, 0.4) is 0 Å². The van der Waals surface area contributed by atoms with Crippen LogP contribution in [0.4, 0.5) is 5.69 Å². The second-order valence-electron chi connectivity index (χ2n) is 6.57. The van der Waals surface area contributed by atoms with Gasteiger partial charge in [0.1, 0.15) is 5.75 Å². The molecule has 1 fully saturated rings. The third-order valence-electron chi connectivity index (χ3n) is 5.00. The molecule has 1 unspecified atom stereocenters. The molecule has 1 N–H and O–H groups in total. The van der Waals surface area contributed by atoms with Gasteiger partial charge in [-0.2, -0.15) is 0 Å². The monoisotopic (exact) mass is 387 g/mol. The van der Waals surface area contributed by atoms with Crippen LogP contribution in [0.5, 0.6) is 5.75 Å². The lowest BCUT2D eigenvalue weighted by Gasteiger charge is -2.37. The smallest absolute Gasteiger partial charge is 0.119 e. The molecule has 0 spiro atoms. The standard InChI is InChI=1S/C20H22BrNO2/c1-3-23-13-5-6-17(21)15(11-13)19-14-8-9-24-20(14)16-10-12(2)4-7-18(16)22-19/h4-7,10-11,14,19-20,22H,3,8-9H2,1-2H3/t14-,19?,20-/m0/s1. The summed E-state index contributed by atoms with van der Waals surface area (Å²) in [5.74, 6) is 1.36. The van der Waals surface area contributed by atoms with E-state index in [0.29, 0.717) is 12.5 Å². The molecule has 1 saturated heterocycles. The fourth-order valence-corrected chi connectivity index (χ4v) is 4.41. The highest BCUT2D eigenvalue weighted by atomic mass is 79.9. The average molecular weight is 388 g/mol. The number of hydrogen-bond acceptors (Lipinski definition) is 3. The number of halogens is 1. The predicted octanol–water partition coefficient (Wildman–Crippen LogP) is 5.40. The van der Waals surface area contributed by atoms with E-state index in [-0.39, 0.29) is 12.1 Å². The van der Waals surface area contributed by atoms with Gasteiger partial charge in [0.05, 0.1) is 18.8 Å². The van der Waals surface area contributed by atoms with Crippen LogP contribution in [0.2, 0.25) is 0 Å². The van der Waals surface area contributed by atoms with Crippen molar-refractivity contribution in [1.29, 1.82) is 0 Å². The Morgan fingerprint density at radius 3 is 2.92 bits per heavy atom. The molecule has 24 heavy (non-hydrogen) atoms. The minimum atomic E-state index is 0.175. The van der Waals surface area contributed by atoms with Crippen molar-refractivity contribution < 1.29 is 9.47 Å². The van der Waals surface area contributed by atoms with E-state index in [1.807, 2.05) is 13.0 Å². The van der Waals surface area contributed by atoms with Gasteiger partial charge in [0.15, 0.2) is 0 Å². The van der Waals surface area contributed by atoms with Crippen molar-refractivity contribution >= 4 is 21.6 Å². The highest BCUT2D eigenvalue weighted by Gasteiger charge is 2.42. The molecular weight excluding hydrogens is 366 g/mol. The van der Waals surface area contributed by atoms with Crippen LogP contribution in [0, 0.1) is 12.8 Å². The van der Waals surface area contributed by atoms with Crippen LogP contribution in [-0.4, -0.2) is 13.2 Å². The van der Waals surface area contributed by atoms with Gasteiger partial charge in [0.25, 0.3) is 0 Å². The highest BCUT2D eigenvalue weighted by Crippen LogP contribution is 2.51. The fraction of sp³-hybridized carbons (Fsp3) is 0.400. The zero-order chi connectivity index (χ0) is 16.7. The van der Waals surface area contributed by atoms with E-state index in [1.54, 1.807) is 0 Å². The Hall–Kier alpha value is -1.52. The van der Waals surface area contributed by atoms with E-state index >= 15 is 0 Å². The van der Waals surface area contributed by atoms with Gasteiger partial charge in [0, 0.05) is 28.2 Å². The molecule has 126 valence electrons. The van der Waals surface area contributed by atoms with Crippen molar-refractivity contribution in [2.24, 2.45) is 5.92 Å². The second kappa shape index (κ2) is 6.41. The quantitative estimate of drug-likeness (QED) is 0.764. The van der Waals surface area contributed by atoms with Gasteiger partial charge >= 0.3 is 0 Å². The molecular formula is C20H22BrNO2. The van der Waals surface area contributed by atoms with E-state index < -0.39 is 0 Å². The summed E-state index contributed by atoms with van der Waals surface area (Å²) in [5.41, 5.74) is 5.00. The molecule has 0 amide bonds. The molecule has 2 aromatic rings. The van der Waals surface area contributed by atoms with Gasteiger partial charge in [-0.15, -0.1) is 0 Å². The van der Waals surface area contributed by atoms with Gasteiger partial charge in [-0.1, -0.05) is 33.6 Å². The molecule has 2 aromatic carbocycles. The predicted molar refractivity (Wildman–Crippen MR) is 99.7 cm³/mol. The molecule has 0 radical (unpaired) electrons. The molecule has 3 atom stereocenters. The molecule has 2 heterocycles. The van der Waals surface area contributed by atoms with Gasteiger partial charge in [-0.3, -0.25) is 0 Å². The van der Waals surface area contributed by atoms with E-state index in [0.717, 1.165) is 23.2 Å². The SMILES string of the molecule is CCOc1ccc(Br)c(C2Nc3ccc(C)cc3[C@H]3OCC[C@@H]23)c1. The van der Waals surface area contributed by atoms with Gasteiger partial charge in [0.2, 0.25) is 0 Å². The first kappa shape index (κ1) is 16.0. The Labute approximate surface area is 151 Å². The topological polar surface area (TPSA) is 30.5 Å². The number of ether oxygens (including phenoxy) is 2. The summed E-state index contributed by atoms with van der Waals surface area (Å²) in [7, 11) is 0. The van der Waals surface area contributed by atoms with E-state index in [4.69, 9.17) is 9.47 Å². The number of rotatable bonds is 3. The summed E-state index contributed by atoms with van der Waals surface area (Å²) in [5, 5.41) is 3.76. The van der Waals surface area contributed by atoms with Crippen molar-refractivity contribution in [3.63, 3.8) is 0 Å². The molecule has 3 nitrogen and oxygen atoms in total. The maximum absolute atomic E-state index is 6.12. The summed E-state index contributed by atoms with van der Waals surface area (Å²) in [6, 6.07) is 13.1. The first-order valence-electron chi connectivity index (χ1n) is 8.58. The Balaban J connectivity index is 1.76. The Kier molecular flexibility index (Phi) is 4.27. The lowest BCUT2D eigenvalue weighted by molar-refractivity contribution is 0.0828. The Morgan fingerprint density at radius 1 is 1.21 bits per heavy atom. The molecule has 0 aromatic heterocycles. The summed E-state index contributed by atoms with van der Waals surface area (Å²) < 4.78 is 12.9. The average Bonchev–Trinajstić information content (AvgIpc) is 3.06. The molecule has 2 aliphatic rings. The fourth-order valence-electron chi connectivity index (χ4n) is 3.92. The minimum Gasteiger partial charge on any atom is -0.494 e. The van der Waals surface area contributed by atoms with Crippen LogP contribution in [-0.2, 0) is 4.74 Å². The van der Waals surface area contributed by atoms with Crippen LogP contribution < -0.4 is 10.1 Å². The number of anilines is 1. The van der Waals surface area contributed by atoms with Crippen molar-refractivity contribution in [1.82, 2.24) is 0 Å². The van der Waals surface area contributed by atoms with Crippen molar-refractivity contribution in [3.05, 3.63) is 57.6 Å². The van der Waals surface area contributed by atoms with Gasteiger partial charge in [-0.25, -0.2) is 0 Å². The van der Waals surface area contributed by atoms with Crippen LogP contribution in [0.15, 0.2) is 40.9 Å². The number of nitrogens with one attached hydrogen (secondary N) is 1. The summed E-state index contributed by atoms with van der Waals surface area (Å²) >= 11 is 3.73. The largest absolute Gasteiger partial charge is 0.494 e. The van der Waals surface area contributed by atoms with Crippen LogP contribution in [0.25, 0.3) is 0 Å². The summed E-state index contributed by atoms with van der Waals surface area (Å²) in [6.07, 6.45) is 1.25. The van der Waals surface area contributed by atoms with E-state index in [1.165, 1.54) is 22.4 Å². The van der Waals surface area contributed by atoms with Gasteiger partial charge in [-0.05, 0) is 50.1 Å². The number of aryl methyl sites for hydroxylation is 1. The van der Waals surface area contributed by atoms with E-state index in [2.05, 4.69) is 58.5 Å². The van der Waals surface area contributed by atoms with Crippen molar-refractivity contribution in [2.75, 3.05) is 18.5 Å². The number of fused-ring (bicyclic) bond motifs is 3. The highest BCUT2D eigenvalue weighted by molar-refractivity contribution is 9.10. The van der Waals surface area contributed by atoms with Crippen molar-refractivity contribution in [2.45, 2.75) is 32.4 Å². The number of hydrogen-bond donors (Lipinski definition) is 1. The molecule has 4 heteroatoms. The molecule has 0 saturated carbocycles. The maximum atomic E-state index is 6.12. The maximum Gasteiger partial charge on any atom is 0.119 e. The second-order valence-corrected chi connectivity index (χ2v) is 7.43. The lowest BCUT2D eigenvalue weighted by Crippen LogP contribution is -2.29. The number of benzene rings is 2. The third kappa shape index (κ3) is 2.72. The minimum absolute atomic E-state index is 0.175. The molecule has 0 bridgehead atoms. The first-order valence-corrected chi connectivity index (χ1v) is 9.37. The first-order chi connectivity index (χ1) is 11.7. The zero-order valence-electron chi connectivity index (χ0n) is 14.0. The zero-order valence-corrected chi connectivity index (χ0v) is 15.6.